The Balaban J connectivity index is 1.45. The molecule has 1 N–H and O–H groups in total. The minimum Gasteiger partial charge on any atom is -0.503 e. The van der Waals surface area contributed by atoms with Gasteiger partial charge in [-0.2, -0.15) is 18.2 Å². The van der Waals surface area contributed by atoms with Crippen LogP contribution >= 0.6 is 27.5 Å². The van der Waals surface area contributed by atoms with Crippen LogP contribution in [0.25, 0.3) is 0 Å². The van der Waals surface area contributed by atoms with Crippen molar-refractivity contribution in [1.29, 1.82) is 0 Å². The smallest absolute Gasteiger partial charge is 0.433 e. The Bertz CT molecular complexity index is 1820. The second-order valence-corrected chi connectivity index (χ2v) is 12.6. The summed E-state index contributed by atoms with van der Waals surface area (Å²) >= 11 is 9.51. The van der Waals surface area contributed by atoms with Crippen LogP contribution in [0.3, 0.4) is 0 Å². The molecule has 234 valence electrons. The van der Waals surface area contributed by atoms with E-state index in [1.54, 1.807) is 18.2 Å². The number of ether oxygens (including phenoxy) is 1. The van der Waals surface area contributed by atoms with Crippen LogP contribution in [0.5, 0.6) is 11.5 Å². The van der Waals surface area contributed by atoms with E-state index in [9.17, 15) is 37.5 Å². The molecule has 9 nitrogen and oxygen atoms in total. The molecule has 2 amide bonds. The Morgan fingerprint density at radius 3 is 2.51 bits per heavy atom. The minimum atomic E-state index is -4.79. The zero-order valence-electron chi connectivity index (χ0n) is 23.9. The summed E-state index contributed by atoms with van der Waals surface area (Å²) in [4.78, 5) is 58.4. The molecule has 4 atom stereocenters. The molecular formula is C31H24BrClF3N3O6. The van der Waals surface area contributed by atoms with Gasteiger partial charge in [0.2, 0.25) is 0 Å². The van der Waals surface area contributed by atoms with E-state index in [0.717, 1.165) is 16.1 Å². The fourth-order valence-electron chi connectivity index (χ4n) is 6.87. The van der Waals surface area contributed by atoms with Crippen LogP contribution in [0.15, 0.2) is 63.2 Å². The summed E-state index contributed by atoms with van der Waals surface area (Å²) in [5.74, 6) is -5.91. The lowest BCUT2D eigenvalue weighted by atomic mass is 9.59. The second kappa shape index (κ2) is 10.8. The number of benzene rings is 1. The van der Waals surface area contributed by atoms with E-state index >= 15 is 0 Å². The first-order valence-electron chi connectivity index (χ1n) is 13.8. The zero-order chi connectivity index (χ0) is 32.7. The average Bonchev–Trinajstić information content (AvgIpc) is 3.24. The van der Waals surface area contributed by atoms with Gasteiger partial charge in [0.1, 0.15) is 5.69 Å². The number of nitrogens with zero attached hydrogens (tertiary/aromatic N) is 3. The summed E-state index contributed by atoms with van der Waals surface area (Å²) in [5.41, 5.74) is 0.621. The topological polar surface area (TPSA) is 117 Å². The number of Topliss-reactive ketones (excluding diaryl/α,β-unsaturated/α-hetero) is 1. The second-order valence-electron chi connectivity index (χ2n) is 11.3. The molecule has 6 rings (SSSR count). The summed E-state index contributed by atoms with van der Waals surface area (Å²) in [7, 11) is 2.60. The van der Waals surface area contributed by atoms with E-state index in [1.165, 1.54) is 27.2 Å². The van der Waals surface area contributed by atoms with Crippen LogP contribution in [0.2, 0.25) is 5.02 Å². The van der Waals surface area contributed by atoms with Gasteiger partial charge in [0.05, 0.1) is 28.4 Å². The maximum atomic E-state index is 14.1. The largest absolute Gasteiger partial charge is 0.503 e. The quantitative estimate of drug-likeness (QED) is 0.244. The van der Waals surface area contributed by atoms with Crippen LogP contribution in [0, 0.1) is 17.8 Å². The van der Waals surface area contributed by atoms with E-state index in [-0.39, 0.29) is 62.1 Å². The molecule has 3 aliphatic carbocycles. The molecule has 4 aliphatic rings. The SMILES string of the molecule is COc1cc(C2C3=CCC4C(=O)N(N(C)c5nc(C(F)(F)F)ccc5Cl)C(=O)C4C3CC3=C2C(=O)C=C(C)C3=O)cc(Br)c1O. The fraction of sp³-hybridized carbons (Fsp3) is 0.323. The summed E-state index contributed by atoms with van der Waals surface area (Å²) in [6.45, 7) is 1.53. The molecule has 14 heteroatoms. The van der Waals surface area contributed by atoms with Crippen LogP contribution < -0.4 is 9.75 Å². The van der Waals surface area contributed by atoms with E-state index in [1.807, 2.05) is 0 Å². The number of fused-ring (bicyclic) bond motifs is 3. The molecule has 2 aromatic rings. The number of rotatable bonds is 4. The number of aromatic hydroxyl groups is 1. The number of methoxy groups -OCH3 is 1. The third-order valence-electron chi connectivity index (χ3n) is 8.87. The molecule has 0 spiro atoms. The number of carbonyl (C=O) groups is 4. The molecule has 0 saturated carbocycles. The normalized spacial score (nSPS) is 24.7. The summed E-state index contributed by atoms with van der Waals surface area (Å²) < 4.78 is 46.0. The van der Waals surface area contributed by atoms with Crippen molar-refractivity contribution in [2.45, 2.75) is 31.9 Å². The maximum Gasteiger partial charge on any atom is 0.433 e. The lowest BCUT2D eigenvalue weighted by Gasteiger charge is -2.42. The van der Waals surface area contributed by atoms with Crippen molar-refractivity contribution in [1.82, 2.24) is 9.99 Å². The molecule has 1 fully saturated rings. The first-order chi connectivity index (χ1) is 21.1. The molecule has 45 heavy (non-hydrogen) atoms. The number of pyridine rings is 1. The van der Waals surface area contributed by atoms with Crippen molar-refractivity contribution >= 4 is 56.7 Å². The average molecular weight is 707 g/mol. The van der Waals surface area contributed by atoms with Gasteiger partial charge < -0.3 is 9.84 Å². The number of imide groups is 1. The van der Waals surface area contributed by atoms with Crippen molar-refractivity contribution in [2.24, 2.45) is 17.8 Å². The number of phenols is 1. The molecule has 0 bridgehead atoms. The number of hydrogen-bond acceptors (Lipinski definition) is 8. The Labute approximate surface area is 268 Å². The monoisotopic (exact) mass is 705 g/mol. The number of hydrogen-bond donors (Lipinski definition) is 1. The van der Waals surface area contributed by atoms with E-state index < -0.39 is 53.2 Å². The third-order valence-corrected chi connectivity index (χ3v) is 9.77. The predicted molar refractivity (Wildman–Crippen MR) is 158 cm³/mol. The molecule has 1 aromatic carbocycles. The summed E-state index contributed by atoms with van der Waals surface area (Å²) in [6, 6.07) is 4.85. The van der Waals surface area contributed by atoms with Gasteiger partial charge in [0.25, 0.3) is 11.8 Å². The number of anilines is 1. The van der Waals surface area contributed by atoms with Crippen molar-refractivity contribution in [3.05, 3.63) is 79.5 Å². The van der Waals surface area contributed by atoms with Crippen LogP contribution in [0.4, 0.5) is 19.0 Å². The van der Waals surface area contributed by atoms with Crippen LogP contribution in [-0.2, 0) is 25.4 Å². The van der Waals surface area contributed by atoms with Gasteiger partial charge in [0.15, 0.2) is 28.9 Å². The highest BCUT2D eigenvalue weighted by atomic mass is 79.9. The van der Waals surface area contributed by atoms with Gasteiger partial charge in [-0.3, -0.25) is 24.2 Å². The summed E-state index contributed by atoms with van der Waals surface area (Å²) in [6.07, 6.45) is -1.62. The highest BCUT2D eigenvalue weighted by Gasteiger charge is 2.57. The van der Waals surface area contributed by atoms with Crippen LogP contribution in [0.1, 0.15) is 36.9 Å². The molecule has 4 unspecified atom stereocenters. The number of hydrazine groups is 1. The molecule has 0 radical (unpaired) electrons. The Morgan fingerprint density at radius 2 is 1.84 bits per heavy atom. The standard InChI is InChI=1S/C31H24BrClF3N3O6/c1-12-8-20(40)25-17(26(12)41)11-16-14(23(25)13-9-18(32)27(42)21(10-13)45-3)4-5-15-24(16)30(44)39(29(15)43)38(2)28-19(33)6-7-22(37-28)31(34,35)36/h4,6-10,15-16,23-24,42H,5,11H2,1-3H3. The minimum absolute atomic E-state index is 0.00408. The van der Waals surface area contributed by atoms with Crippen molar-refractivity contribution in [3.8, 4) is 11.5 Å². The van der Waals surface area contributed by atoms with Gasteiger partial charge in [-0.25, -0.2) is 4.98 Å². The lowest BCUT2D eigenvalue weighted by molar-refractivity contribution is -0.141. The van der Waals surface area contributed by atoms with Gasteiger partial charge in [-0.1, -0.05) is 23.3 Å². The number of allylic oxidation sites excluding steroid dienone is 6. The molecule has 1 saturated heterocycles. The van der Waals surface area contributed by atoms with Crippen LogP contribution in [-0.4, -0.2) is 52.6 Å². The van der Waals surface area contributed by atoms with E-state index in [4.69, 9.17) is 16.3 Å². The number of aromatic nitrogens is 1. The number of ketones is 2. The third kappa shape index (κ3) is 4.78. The van der Waals surface area contributed by atoms with Crippen molar-refractivity contribution in [3.63, 3.8) is 0 Å². The number of phenolic OH excluding ortho intramolecular Hbond substituents is 1. The Kier molecular flexibility index (Phi) is 7.47. The number of halogens is 5. The molecular weight excluding hydrogens is 683 g/mol. The van der Waals surface area contributed by atoms with Gasteiger partial charge in [0, 0.05) is 29.7 Å². The Morgan fingerprint density at radius 1 is 1.13 bits per heavy atom. The van der Waals surface area contributed by atoms with Crippen molar-refractivity contribution in [2.75, 3.05) is 19.2 Å². The highest BCUT2D eigenvalue weighted by Crippen LogP contribution is 2.56. The number of amides is 2. The highest BCUT2D eigenvalue weighted by molar-refractivity contribution is 9.10. The fourth-order valence-corrected chi connectivity index (χ4v) is 7.55. The first kappa shape index (κ1) is 31.0. The number of carbonyl (C=O) groups excluding carboxylic acids is 4. The molecule has 1 aliphatic heterocycles. The van der Waals surface area contributed by atoms with Gasteiger partial charge in [-0.15, -0.1) is 0 Å². The summed E-state index contributed by atoms with van der Waals surface area (Å²) in [5, 5.41) is 11.9. The predicted octanol–water partition coefficient (Wildman–Crippen LogP) is 5.71. The van der Waals surface area contributed by atoms with Gasteiger partial charge in [-0.05, 0) is 77.5 Å². The first-order valence-corrected chi connectivity index (χ1v) is 14.9. The van der Waals surface area contributed by atoms with Gasteiger partial charge >= 0.3 is 6.18 Å². The lowest BCUT2D eigenvalue weighted by Crippen LogP contribution is -2.46. The van der Waals surface area contributed by atoms with E-state index in [2.05, 4.69) is 20.9 Å². The van der Waals surface area contributed by atoms with E-state index in [0.29, 0.717) is 17.2 Å². The molecule has 2 heterocycles. The number of alkyl halides is 3. The zero-order valence-corrected chi connectivity index (χ0v) is 26.2. The van der Waals surface area contributed by atoms with Crippen molar-refractivity contribution < 1.29 is 42.2 Å². The molecule has 1 aromatic heterocycles. The Hall–Kier alpha value is -3.97. The maximum absolute atomic E-state index is 14.1.